The standard InChI is InChI=1S/C21H15N3O4S2/c1-24-17-11-10-15(12-18(17)28-21(24)25)30(26,27)23-14-8-6-13(7-9-14)20-22-16-4-2-3-5-19(16)29-20/h2-12,23H,1H3. The molecular weight excluding hydrogens is 422 g/mol. The van der Waals surface area contributed by atoms with Gasteiger partial charge in [-0.05, 0) is 48.5 Å². The number of hydrogen-bond acceptors (Lipinski definition) is 6. The highest BCUT2D eigenvalue weighted by Gasteiger charge is 2.17. The van der Waals surface area contributed by atoms with Gasteiger partial charge in [0.25, 0.3) is 10.0 Å². The average Bonchev–Trinajstić information content (AvgIpc) is 3.29. The first-order chi connectivity index (χ1) is 14.4. The number of para-hydroxylation sites is 1. The van der Waals surface area contributed by atoms with Crippen LogP contribution in [0.5, 0.6) is 0 Å². The van der Waals surface area contributed by atoms with Gasteiger partial charge >= 0.3 is 5.76 Å². The number of thiazole rings is 1. The molecule has 9 heteroatoms. The lowest BCUT2D eigenvalue weighted by molar-refractivity contribution is 0.527. The second kappa shape index (κ2) is 6.82. The van der Waals surface area contributed by atoms with Crippen molar-refractivity contribution in [2.75, 3.05) is 4.72 Å². The van der Waals surface area contributed by atoms with Crippen LogP contribution in [0, 0.1) is 0 Å². The molecule has 0 aliphatic rings. The third kappa shape index (κ3) is 3.17. The monoisotopic (exact) mass is 437 g/mol. The second-order valence-corrected chi connectivity index (χ2v) is 9.44. The molecule has 5 aromatic rings. The molecule has 5 rings (SSSR count). The van der Waals surface area contributed by atoms with Crippen LogP contribution in [0.25, 0.3) is 31.9 Å². The zero-order valence-corrected chi connectivity index (χ0v) is 17.3. The Bertz CT molecular complexity index is 1530. The third-order valence-corrected chi connectivity index (χ3v) is 7.22. The van der Waals surface area contributed by atoms with E-state index in [1.165, 1.54) is 16.7 Å². The Hall–Kier alpha value is -3.43. The molecule has 0 bridgehead atoms. The van der Waals surface area contributed by atoms with Crippen LogP contribution < -0.4 is 10.5 Å². The smallest absolute Gasteiger partial charge is 0.408 e. The maximum absolute atomic E-state index is 12.8. The number of nitrogens with zero attached hydrogens (tertiary/aromatic N) is 2. The van der Waals surface area contributed by atoms with E-state index in [9.17, 15) is 13.2 Å². The molecule has 150 valence electrons. The Kier molecular flexibility index (Phi) is 4.23. The molecule has 0 amide bonds. The van der Waals surface area contributed by atoms with E-state index in [0.29, 0.717) is 11.2 Å². The molecule has 0 saturated heterocycles. The van der Waals surface area contributed by atoms with Crippen molar-refractivity contribution in [2.45, 2.75) is 4.90 Å². The Morgan fingerprint density at radius 3 is 2.57 bits per heavy atom. The van der Waals surface area contributed by atoms with Gasteiger partial charge in [-0.3, -0.25) is 9.29 Å². The summed E-state index contributed by atoms with van der Waals surface area (Å²) in [6.45, 7) is 0. The fraction of sp³-hybridized carbons (Fsp3) is 0.0476. The van der Waals surface area contributed by atoms with Crippen molar-refractivity contribution in [2.24, 2.45) is 7.05 Å². The van der Waals surface area contributed by atoms with Crippen molar-refractivity contribution < 1.29 is 12.8 Å². The van der Waals surface area contributed by atoms with Crippen LogP contribution in [-0.4, -0.2) is 18.0 Å². The normalized spacial score (nSPS) is 11.9. The first-order valence-corrected chi connectivity index (χ1v) is 11.3. The molecule has 0 saturated carbocycles. The summed E-state index contributed by atoms with van der Waals surface area (Å²) in [6.07, 6.45) is 0. The van der Waals surface area contributed by atoms with Crippen LogP contribution >= 0.6 is 11.3 Å². The molecule has 0 atom stereocenters. The summed E-state index contributed by atoms with van der Waals surface area (Å²) >= 11 is 1.58. The minimum Gasteiger partial charge on any atom is -0.408 e. The number of nitrogens with one attached hydrogen (secondary N) is 1. The van der Waals surface area contributed by atoms with Crippen molar-refractivity contribution in [1.82, 2.24) is 9.55 Å². The molecule has 2 heterocycles. The molecule has 3 aromatic carbocycles. The Morgan fingerprint density at radius 2 is 1.80 bits per heavy atom. The number of hydrogen-bond donors (Lipinski definition) is 1. The first-order valence-electron chi connectivity index (χ1n) is 8.99. The lowest BCUT2D eigenvalue weighted by atomic mass is 10.2. The van der Waals surface area contributed by atoms with Crippen LogP contribution in [0.2, 0.25) is 0 Å². The van der Waals surface area contributed by atoms with Gasteiger partial charge in [0.15, 0.2) is 5.58 Å². The van der Waals surface area contributed by atoms with Gasteiger partial charge in [0.2, 0.25) is 0 Å². The van der Waals surface area contributed by atoms with Crippen molar-refractivity contribution >= 4 is 48.4 Å². The molecule has 0 unspecified atom stereocenters. The summed E-state index contributed by atoms with van der Waals surface area (Å²) in [5.41, 5.74) is 3.02. The second-order valence-electron chi connectivity index (χ2n) is 6.73. The van der Waals surface area contributed by atoms with Gasteiger partial charge in [-0.2, -0.15) is 0 Å². The number of rotatable bonds is 4. The Labute approximate surface area is 175 Å². The summed E-state index contributed by atoms with van der Waals surface area (Å²) in [7, 11) is -2.28. The van der Waals surface area contributed by atoms with E-state index >= 15 is 0 Å². The van der Waals surface area contributed by atoms with Gasteiger partial charge in [-0.1, -0.05) is 12.1 Å². The highest BCUT2D eigenvalue weighted by Crippen LogP contribution is 2.31. The maximum atomic E-state index is 12.8. The van der Waals surface area contributed by atoms with Crippen LogP contribution in [-0.2, 0) is 17.1 Å². The lowest BCUT2D eigenvalue weighted by Crippen LogP contribution is -2.12. The number of aromatic nitrogens is 2. The first kappa shape index (κ1) is 18.6. The number of fused-ring (bicyclic) bond motifs is 2. The van der Waals surface area contributed by atoms with E-state index in [1.54, 1.807) is 36.6 Å². The summed E-state index contributed by atoms with van der Waals surface area (Å²) in [5.74, 6) is -0.544. The van der Waals surface area contributed by atoms with Gasteiger partial charge in [0, 0.05) is 24.4 Å². The number of anilines is 1. The molecule has 0 spiro atoms. The maximum Gasteiger partial charge on any atom is 0.419 e. The highest BCUT2D eigenvalue weighted by atomic mass is 32.2. The minimum absolute atomic E-state index is 0.0135. The molecular formula is C21H15N3O4S2. The molecule has 7 nitrogen and oxygen atoms in total. The van der Waals surface area contributed by atoms with E-state index in [0.717, 1.165) is 20.8 Å². The molecule has 1 N–H and O–H groups in total. The summed E-state index contributed by atoms with van der Waals surface area (Å²) < 4.78 is 35.6. The molecule has 0 aliphatic heterocycles. The van der Waals surface area contributed by atoms with E-state index in [-0.39, 0.29) is 10.5 Å². The topological polar surface area (TPSA) is 94.2 Å². The van der Waals surface area contributed by atoms with Gasteiger partial charge in [-0.15, -0.1) is 11.3 Å². The van der Waals surface area contributed by atoms with Crippen LogP contribution in [0.15, 0.2) is 80.8 Å². The molecule has 2 aromatic heterocycles. The number of sulfonamides is 1. The quantitative estimate of drug-likeness (QED) is 0.455. The zero-order valence-electron chi connectivity index (χ0n) is 15.7. The summed E-state index contributed by atoms with van der Waals surface area (Å²) in [4.78, 5) is 16.3. The SMILES string of the molecule is Cn1c(=O)oc2cc(S(=O)(=O)Nc3ccc(-c4nc5ccccc5s4)cc3)ccc21. The fourth-order valence-electron chi connectivity index (χ4n) is 3.17. The van der Waals surface area contributed by atoms with Gasteiger partial charge in [-0.25, -0.2) is 18.2 Å². The number of benzene rings is 3. The Morgan fingerprint density at radius 1 is 1.03 bits per heavy atom. The van der Waals surface area contributed by atoms with Crippen LogP contribution in [0.3, 0.4) is 0 Å². The molecule has 0 aliphatic carbocycles. The van der Waals surface area contributed by atoms with Crippen LogP contribution in [0.4, 0.5) is 5.69 Å². The van der Waals surface area contributed by atoms with E-state index < -0.39 is 15.8 Å². The van der Waals surface area contributed by atoms with Gasteiger partial charge in [0.05, 0.1) is 20.6 Å². The predicted molar refractivity (Wildman–Crippen MR) is 117 cm³/mol. The third-order valence-electron chi connectivity index (χ3n) is 4.75. The predicted octanol–water partition coefficient (Wildman–Crippen LogP) is 4.21. The number of oxazole rings is 1. The zero-order chi connectivity index (χ0) is 20.9. The van der Waals surface area contributed by atoms with E-state index in [2.05, 4.69) is 9.71 Å². The fourth-order valence-corrected chi connectivity index (χ4v) is 5.22. The van der Waals surface area contributed by atoms with Crippen molar-refractivity contribution in [3.8, 4) is 10.6 Å². The van der Waals surface area contributed by atoms with Crippen molar-refractivity contribution in [1.29, 1.82) is 0 Å². The largest absolute Gasteiger partial charge is 0.419 e. The van der Waals surface area contributed by atoms with E-state index in [1.807, 2.05) is 36.4 Å². The van der Waals surface area contributed by atoms with Crippen molar-refractivity contribution in [3.63, 3.8) is 0 Å². The van der Waals surface area contributed by atoms with E-state index in [4.69, 9.17) is 4.42 Å². The summed E-state index contributed by atoms with van der Waals surface area (Å²) in [5, 5.41) is 0.871. The molecule has 0 fully saturated rings. The minimum atomic E-state index is -3.84. The number of aryl methyl sites for hydroxylation is 1. The average molecular weight is 438 g/mol. The van der Waals surface area contributed by atoms with Crippen LogP contribution in [0.1, 0.15) is 0 Å². The summed E-state index contributed by atoms with van der Waals surface area (Å²) in [6, 6.07) is 19.3. The molecule has 30 heavy (non-hydrogen) atoms. The van der Waals surface area contributed by atoms with Crippen molar-refractivity contribution in [3.05, 3.63) is 77.3 Å². The van der Waals surface area contributed by atoms with Gasteiger partial charge in [0.1, 0.15) is 5.01 Å². The van der Waals surface area contributed by atoms with Gasteiger partial charge < -0.3 is 4.42 Å². The highest BCUT2D eigenvalue weighted by molar-refractivity contribution is 7.92. The lowest BCUT2D eigenvalue weighted by Gasteiger charge is -2.08. The Balaban J connectivity index is 1.42. The molecule has 0 radical (unpaired) electrons.